The Hall–Kier alpha value is -7.10. The number of hydrogen-bond acceptors (Lipinski definition) is 2. The van der Waals surface area contributed by atoms with Gasteiger partial charge in [0.1, 0.15) is 11.2 Å². The molecule has 0 radical (unpaired) electrons. The average Bonchev–Trinajstić information content (AvgIpc) is 3.61. The zero-order chi connectivity index (χ0) is 35.7. The van der Waals surface area contributed by atoms with Gasteiger partial charge in [-0.3, -0.25) is 0 Å². The van der Waals surface area contributed by atoms with Gasteiger partial charge in [-0.05, 0) is 79.7 Å². The lowest BCUT2D eigenvalue weighted by atomic mass is 9.88. The fourth-order valence-corrected chi connectivity index (χ4v) is 7.35. The van der Waals surface area contributed by atoms with E-state index in [0.717, 1.165) is 55.3 Å². The van der Waals surface area contributed by atoms with Crippen molar-refractivity contribution in [3.05, 3.63) is 212 Å². The Bertz CT molecular complexity index is 2910. The number of para-hydroxylation sites is 1. The van der Waals surface area contributed by atoms with Gasteiger partial charge in [-0.15, -0.1) is 0 Å². The summed E-state index contributed by atoms with van der Waals surface area (Å²) in [6, 6.07) is 60.7. The molecule has 9 rings (SSSR count). The van der Waals surface area contributed by atoms with Crippen molar-refractivity contribution in [1.29, 1.82) is 0 Å². The van der Waals surface area contributed by atoms with E-state index in [1.807, 2.05) is 84.9 Å². The molecule has 0 unspecified atom stereocenters. The van der Waals surface area contributed by atoms with E-state index in [4.69, 9.17) is 14.4 Å². The lowest BCUT2D eigenvalue weighted by Gasteiger charge is -2.16. The molecule has 8 aromatic carbocycles. The van der Waals surface area contributed by atoms with Crippen LogP contribution in [0.5, 0.6) is 0 Å². The second-order valence-electron chi connectivity index (χ2n) is 13.0. The van der Waals surface area contributed by atoms with E-state index in [1.165, 1.54) is 27.1 Å². The number of furan rings is 1. The van der Waals surface area contributed by atoms with Gasteiger partial charge in [0, 0.05) is 21.9 Å². The molecule has 0 saturated heterocycles. The summed E-state index contributed by atoms with van der Waals surface area (Å²) in [5, 5.41) is 6.88. The summed E-state index contributed by atoms with van der Waals surface area (Å²) < 4.78 is 6.60. The highest BCUT2D eigenvalue weighted by molar-refractivity contribution is 6.26. The van der Waals surface area contributed by atoms with E-state index >= 15 is 0 Å². The second kappa shape index (κ2) is 13.6. The molecule has 250 valence electrons. The molecule has 1 aromatic heterocycles. The summed E-state index contributed by atoms with van der Waals surface area (Å²) in [4.78, 5) is 10.3. The number of fused-ring (bicyclic) bond motifs is 6. The maximum Gasteiger partial charge on any atom is 0.160 e. The van der Waals surface area contributed by atoms with E-state index < -0.39 is 0 Å². The Morgan fingerprint density at radius 3 is 1.85 bits per heavy atom. The van der Waals surface area contributed by atoms with Gasteiger partial charge in [-0.2, -0.15) is 0 Å². The number of hydrogen-bond donors (Lipinski definition) is 0. The summed E-state index contributed by atoms with van der Waals surface area (Å²) in [5.74, 6) is 0.545. The van der Waals surface area contributed by atoms with Crippen LogP contribution in [0.25, 0.3) is 71.4 Å². The van der Waals surface area contributed by atoms with Gasteiger partial charge in [-0.25, -0.2) is 9.98 Å². The molecule has 0 amide bonds. The van der Waals surface area contributed by atoms with Crippen molar-refractivity contribution < 1.29 is 4.42 Å². The first-order valence-corrected chi connectivity index (χ1v) is 17.7. The fourth-order valence-electron chi connectivity index (χ4n) is 7.35. The van der Waals surface area contributed by atoms with Gasteiger partial charge in [0.05, 0.1) is 11.4 Å². The number of allylic oxidation sites excluding steroid dienone is 1. The molecular formula is C50H34N2O. The Kier molecular flexibility index (Phi) is 8.15. The van der Waals surface area contributed by atoms with Crippen molar-refractivity contribution in [2.75, 3.05) is 0 Å². The second-order valence-corrected chi connectivity index (χ2v) is 13.0. The van der Waals surface area contributed by atoms with Crippen molar-refractivity contribution in [2.24, 2.45) is 9.98 Å². The van der Waals surface area contributed by atoms with Gasteiger partial charge in [0.15, 0.2) is 5.84 Å². The lowest BCUT2D eigenvalue weighted by Crippen LogP contribution is -2.06. The van der Waals surface area contributed by atoms with Gasteiger partial charge >= 0.3 is 0 Å². The summed E-state index contributed by atoms with van der Waals surface area (Å²) >= 11 is 0. The molecule has 0 fully saturated rings. The minimum absolute atomic E-state index is 0.545. The molecule has 3 nitrogen and oxygen atoms in total. The van der Waals surface area contributed by atoms with Crippen LogP contribution >= 0.6 is 0 Å². The summed E-state index contributed by atoms with van der Waals surface area (Å²) in [7, 11) is 0. The number of aliphatic imine (C=N–C) groups is 2. The first-order chi connectivity index (χ1) is 26.2. The third kappa shape index (κ3) is 5.85. The Morgan fingerprint density at radius 2 is 1.09 bits per heavy atom. The predicted molar refractivity (Wildman–Crippen MR) is 225 cm³/mol. The van der Waals surface area contributed by atoms with Crippen molar-refractivity contribution in [2.45, 2.75) is 0 Å². The maximum absolute atomic E-state index is 6.60. The largest absolute Gasteiger partial charge is 0.456 e. The van der Waals surface area contributed by atoms with Crippen LogP contribution in [-0.4, -0.2) is 11.5 Å². The summed E-state index contributed by atoms with van der Waals surface area (Å²) in [5.41, 5.74) is 10.0. The van der Waals surface area contributed by atoms with Crippen LogP contribution in [0.2, 0.25) is 0 Å². The molecule has 0 atom stereocenters. The highest BCUT2D eigenvalue weighted by Crippen LogP contribution is 2.42. The van der Waals surface area contributed by atoms with Crippen molar-refractivity contribution in [3.8, 4) is 22.3 Å². The van der Waals surface area contributed by atoms with Gasteiger partial charge in [0.2, 0.25) is 0 Å². The van der Waals surface area contributed by atoms with Gasteiger partial charge < -0.3 is 4.42 Å². The Morgan fingerprint density at radius 1 is 0.491 bits per heavy atom. The lowest BCUT2D eigenvalue weighted by molar-refractivity contribution is 0.669. The summed E-state index contributed by atoms with van der Waals surface area (Å²) in [6.07, 6.45) is 1.81. The number of benzene rings is 8. The molecule has 1 heterocycles. The SMILES string of the molecule is C=CC(=NC(=NC(=C)c1ccccc1)c1ccccc1)c1cc(-c2ccccc2-c2cc3ccccc3c3ccccc23)cc2oc3ccccc3c12. The molecule has 53 heavy (non-hydrogen) atoms. The highest BCUT2D eigenvalue weighted by Gasteiger charge is 2.20. The molecule has 9 aromatic rings. The smallest absolute Gasteiger partial charge is 0.160 e. The standard InChI is InChI=1S/C50H34N2O/c1-3-46(52-50(35-20-8-5-9-21-35)51-33(2)34-18-6-4-7-19-34)45-31-37(32-48-49(45)43-28-16-17-29-47(43)53-48)39-24-12-13-26-41(39)44-30-36-22-10-11-23-38(36)40-25-14-15-27-42(40)44/h3-32H,1-2H2. The zero-order valence-electron chi connectivity index (χ0n) is 29.0. The molecule has 0 aliphatic heterocycles. The van der Waals surface area contributed by atoms with E-state index in [-0.39, 0.29) is 0 Å². The molecule has 3 heteroatoms. The van der Waals surface area contributed by atoms with E-state index in [0.29, 0.717) is 17.2 Å². The molecule has 0 N–H and O–H groups in total. The van der Waals surface area contributed by atoms with Crippen LogP contribution in [0, 0.1) is 0 Å². The quantitative estimate of drug-likeness (QED) is 0.0939. The Labute approximate surface area is 308 Å². The third-order valence-electron chi connectivity index (χ3n) is 9.85. The van der Waals surface area contributed by atoms with Crippen LogP contribution in [0.15, 0.2) is 210 Å². The molecular weight excluding hydrogens is 645 g/mol. The zero-order valence-corrected chi connectivity index (χ0v) is 29.0. The van der Waals surface area contributed by atoms with E-state index in [9.17, 15) is 0 Å². The summed E-state index contributed by atoms with van der Waals surface area (Å²) in [6.45, 7) is 8.60. The van der Waals surface area contributed by atoms with Crippen molar-refractivity contribution in [3.63, 3.8) is 0 Å². The number of rotatable bonds is 7. The van der Waals surface area contributed by atoms with Crippen LogP contribution in [-0.2, 0) is 0 Å². The van der Waals surface area contributed by atoms with Crippen LogP contribution in [0.4, 0.5) is 0 Å². The fraction of sp³-hybridized carbons (Fsp3) is 0. The van der Waals surface area contributed by atoms with E-state index in [1.54, 1.807) is 0 Å². The maximum atomic E-state index is 6.60. The first kappa shape index (κ1) is 31.9. The average molecular weight is 679 g/mol. The minimum Gasteiger partial charge on any atom is -0.456 e. The number of amidine groups is 1. The molecule has 0 aliphatic carbocycles. The van der Waals surface area contributed by atoms with Crippen LogP contribution in [0.1, 0.15) is 16.7 Å². The molecule has 0 saturated carbocycles. The highest BCUT2D eigenvalue weighted by atomic mass is 16.3. The number of nitrogens with zero attached hydrogens (tertiary/aromatic N) is 2. The van der Waals surface area contributed by atoms with Crippen molar-refractivity contribution >= 4 is 60.7 Å². The molecule has 0 bridgehead atoms. The Balaban J connectivity index is 1.29. The topological polar surface area (TPSA) is 37.9 Å². The van der Waals surface area contributed by atoms with Gasteiger partial charge in [-0.1, -0.05) is 165 Å². The van der Waals surface area contributed by atoms with Crippen molar-refractivity contribution in [1.82, 2.24) is 0 Å². The van der Waals surface area contributed by atoms with E-state index in [2.05, 4.69) is 110 Å². The normalized spacial score (nSPS) is 12.2. The molecule has 0 aliphatic rings. The monoisotopic (exact) mass is 678 g/mol. The molecule has 0 spiro atoms. The minimum atomic E-state index is 0.545. The first-order valence-electron chi connectivity index (χ1n) is 17.7. The predicted octanol–water partition coefficient (Wildman–Crippen LogP) is 13.3. The van der Waals surface area contributed by atoms with Crippen LogP contribution in [0.3, 0.4) is 0 Å². The van der Waals surface area contributed by atoms with Gasteiger partial charge in [0.25, 0.3) is 0 Å². The third-order valence-corrected chi connectivity index (χ3v) is 9.85. The van der Waals surface area contributed by atoms with Crippen LogP contribution < -0.4 is 0 Å².